The molecule has 0 aromatic heterocycles. The molecule has 124 valence electrons. The quantitative estimate of drug-likeness (QED) is 0.835. The van der Waals surface area contributed by atoms with E-state index in [1.807, 2.05) is 18.2 Å². The summed E-state index contributed by atoms with van der Waals surface area (Å²) in [7, 11) is 1.68. The lowest BCUT2D eigenvalue weighted by Crippen LogP contribution is -2.47. The maximum absolute atomic E-state index is 6.32. The summed E-state index contributed by atoms with van der Waals surface area (Å²) in [4.78, 5) is 2.46. The van der Waals surface area contributed by atoms with E-state index in [1.165, 1.54) is 0 Å². The highest BCUT2D eigenvalue weighted by atomic mass is 35.5. The fraction of sp³-hybridized carbons (Fsp3) is 0.647. The summed E-state index contributed by atoms with van der Waals surface area (Å²) in [5.41, 5.74) is 1.03. The maximum atomic E-state index is 6.32. The van der Waals surface area contributed by atoms with Crippen molar-refractivity contribution in [3.05, 3.63) is 28.8 Å². The topological polar surface area (TPSA) is 33.7 Å². The number of nitrogens with zero attached hydrogens (tertiary/aromatic N) is 1. The van der Waals surface area contributed by atoms with E-state index in [-0.39, 0.29) is 0 Å². The molecule has 4 nitrogen and oxygen atoms in total. The van der Waals surface area contributed by atoms with E-state index in [1.54, 1.807) is 7.11 Å². The first-order valence-corrected chi connectivity index (χ1v) is 8.34. The molecular formula is C17H27ClN2O2. The van der Waals surface area contributed by atoms with Crippen molar-refractivity contribution in [2.24, 2.45) is 5.92 Å². The normalized spacial score (nSPS) is 17.7. The summed E-state index contributed by atoms with van der Waals surface area (Å²) >= 11 is 6.32. The molecule has 2 rings (SSSR count). The minimum Gasteiger partial charge on any atom is -0.496 e. The van der Waals surface area contributed by atoms with Gasteiger partial charge in [0.2, 0.25) is 0 Å². The molecule has 22 heavy (non-hydrogen) atoms. The third-order valence-electron chi connectivity index (χ3n) is 4.20. The molecule has 1 fully saturated rings. The number of halogens is 1. The minimum absolute atomic E-state index is 0.416. The zero-order valence-electron chi connectivity index (χ0n) is 13.8. The molecule has 0 bridgehead atoms. The summed E-state index contributed by atoms with van der Waals surface area (Å²) in [5.74, 6) is 1.39. The molecule has 1 aromatic carbocycles. The van der Waals surface area contributed by atoms with Crippen LogP contribution in [0, 0.1) is 5.92 Å². The van der Waals surface area contributed by atoms with Crippen molar-refractivity contribution >= 4 is 11.6 Å². The van der Waals surface area contributed by atoms with Gasteiger partial charge in [-0.1, -0.05) is 31.5 Å². The Morgan fingerprint density at radius 1 is 1.32 bits per heavy atom. The summed E-state index contributed by atoms with van der Waals surface area (Å²) < 4.78 is 10.8. The SMILES string of the molecule is COc1cccc(Cl)c1CNC(CN1CCOCC1)C(C)C. The molecule has 0 saturated carbocycles. The molecule has 1 saturated heterocycles. The van der Waals surface area contributed by atoms with Gasteiger partial charge in [-0.15, -0.1) is 0 Å². The summed E-state index contributed by atoms with van der Waals surface area (Å²) in [6.07, 6.45) is 0. The van der Waals surface area contributed by atoms with Crippen molar-refractivity contribution in [2.45, 2.75) is 26.4 Å². The first kappa shape index (κ1) is 17.5. The molecular weight excluding hydrogens is 300 g/mol. The summed E-state index contributed by atoms with van der Waals surface area (Å²) in [5, 5.41) is 4.40. The molecule has 1 unspecified atom stereocenters. The van der Waals surface area contributed by atoms with Crippen molar-refractivity contribution in [3.8, 4) is 5.75 Å². The second kappa shape index (κ2) is 8.73. The molecule has 1 atom stereocenters. The van der Waals surface area contributed by atoms with Crippen molar-refractivity contribution in [1.82, 2.24) is 10.2 Å². The molecule has 0 radical (unpaired) electrons. The van der Waals surface area contributed by atoms with Crippen LogP contribution >= 0.6 is 11.6 Å². The molecule has 0 amide bonds. The van der Waals surface area contributed by atoms with Crippen LogP contribution in [0.4, 0.5) is 0 Å². The molecule has 1 aromatic rings. The Kier molecular flexibility index (Phi) is 6.96. The Hall–Kier alpha value is -0.810. The predicted octanol–water partition coefficient (Wildman–Crippen LogP) is 2.80. The first-order chi connectivity index (χ1) is 10.6. The van der Waals surface area contributed by atoms with E-state index in [0.29, 0.717) is 12.0 Å². The molecule has 0 spiro atoms. The van der Waals surface area contributed by atoms with E-state index in [0.717, 1.165) is 55.7 Å². The highest BCUT2D eigenvalue weighted by Gasteiger charge is 2.20. The number of hydrogen-bond acceptors (Lipinski definition) is 4. The third-order valence-corrected chi connectivity index (χ3v) is 4.55. The van der Waals surface area contributed by atoms with Crippen LogP contribution in [0.3, 0.4) is 0 Å². The van der Waals surface area contributed by atoms with Crippen molar-refractivity contribution in [3.63, 3.8) is 0 Å². The van der Waals surface area contributed by atoms with Gasteiger partial charge in [0.25, 0.3) is 0 Å². The summed E-state index contributed by atoms with van der Waals surface area (Å²) in [6.45, 7) is 9.96. The minimum atomic E-state index is 0.416. The van der Waals surface area contributed by atoms with E-state index < -0.39 is 0 Å². The van der Waals surface area contributed by atoms with Gasteiger partial charge in [-0.3, -0.25) is 4.90 Å². The van der Waals surface area contributed by atoms with Crippen LogP contribution in [0.5, 0.6) is 5.75 Å². The van der Waals surface area contributed by atoms with Gasteiger partial charge in [0.05, 0.1) is 20.3 Å². The van der Waals surface area contributed by atoms with Gasteiger partial charge < -0.3 is 14.8 Å². The molecule has 0 aliphatic carbocycles. The second-order valence-corrected chi connectivity index (χ2v) is 6.47. The predicted molar refractivity (Wildman–Crippen MR) is 90.7 cm³/mol. The van der Waals surface area contributed by atoms with Crippen molar-refractivity contribution < 1.29 is 9.47 Å². The Morgan fingerprint density at radius 3 is 2.68 bits per heavy atom. The van der Waals surface area contributed by atoms with Crippen LogP contribution < -0.4 is 10.1 Å². The highest BCUT2D eigenvalue weighted by molar-refractivity contribution is 6.31. The Labute approximate surface area is 138 Å². The lowest BCUT2D eigenvalue weighted by Gasteiger charge is -2.33. The highest BCUT2D eigenvalue weighted by Crippen LogP contribution is 2.26. The largest absolute Gasteiger partial charge is 0.496 e. The van der Waals surface area contributed by atoms with Gasteiger partial charge in [0.15, 0.2) is 0 Å². The van der Waals surface area contributed by atoms with Crippen LogP contribution in [0.25, 0.3) is 0 Å². The third kappa shape index (κ3) is 4.85. The Bertz CT molecular complexity index is 462. The number of morpholine rings is 1. The number of rotatable bonds is 7. The van der Waals surface area contributed by atoms with E-state index in [4.69, 9.17) is 21.1 Å². The number of methoxy groups -OCH3 is 1. The lowest BCUT2D eigenvalue weighted by atomic mass is 10.0. The zero-order valence-corrected chi connectivity index (χ0v) is 14.5. The van der Waals surface area contributed by atoms with E-state index >= 15 is 0 Å². The van der Waals surface area contributed by atoms with Gasteiger partial charge in [-0.25, -0.2) is 0 Å². The zero-order chi connectivity index (χ0) is 15.9. The molecule has 1 N–H and O–H groups in total. The lowest BCUT2D eigenvalue weighted by molar-refractivity contribution is 0.0308. The van der Waals surface area contributed by atoms with Gasteiger partial charge in [0, 0.05) is 42.8 Å². The fourth-order valence-electron chi connectivity index (χ4n) is 2.71. The molecule has 1 aliphatic rings. The standard InChI is InChI=1S/C17H27ClN2O2/c1-13(2)16(12-20-7-9-22-10-8-20)19-11-14-15(18)5-4-6-17(14)21-3/h4-6,13,16,19H,7-12H2,1-3H3. The van der Waals surface area contributed by atoms with Crippen molar-refractivity contribution in [2.75, 3.05) is 40.0 Å². The van der Waals surface area contributed by atoms with Crippen LogP contribution in [0.15, 0.2) is 18.2 Å². The molecule has 1 aliphatic heterocycles. The maximum Gasteiger partial charge on any atom is 0.124 e. The Morgan fingerprint density at radius 2 is 2.05 bits per heavy atom. The van der Waals surface area contributed by atoms with E-state index in [2.05, 4.69) is 24.1 Å². The summed E-state index contributed by atoms with van der Waals surface area (Å²) in [6, 6.07) is 6.19. The second-order valence-electron chi connectivity index (χ2n) is 6.07. The van der Waals surface area contributed by atoms with Gasteiger partial charge in [-0.05, 0) is 18.1 Å². The van der Waals surface area contributed by atoms with Gasteiger partial charge >= 0.3 is 0 Å². The van der Waals surface area contributed by atoms with Crippen LogP contribution in [-0.4, -0.2) is 50.9 Å². The van der Waals surface area contributed by atoms with E-state index in [9.17, 15) is 0 Å². The number of hydrogen-bond donors (Lipinski definition) is 1. The average Bonchev–Trinajstić information content (AvgIpc) is 2.53. The number of nitrogens with one attached hydrogen (secondary N) is 1. The number of benzene rings is 1. The molecule has 5 heteroatoms. The molecule has 1 heterocycles. The smallest absolute Gasteiger partial charge is 0.124 e. The van der Waals surface area contributed by atoms with Gasteiger partial charge in [0.1, 0.15) is 5.75 Å². The number of ether oxygens (including phenoxy) is 2. The van der Waals surface area contributed by atoms with Crippen LogP contribution in [0.1, 0.15) is 19.4 Å². The monoisotopic (exact) mass is 326 g/mol. The van der Waals surface area contributed by atoms with Crippen molar-refractivity contribution in [1.29, 1.82) is 0 Å². The fourth-order valence-corrected chi connectivity index (χ4v) is 2.94. The first-order valence-electron chi connectivity index (χ1n) is 7.96. The van der Waals surface area contributed by atoms with Crippen LogP contribution in [0.2, 0.25) is 5.02 Å². The Balaban J connectivity index is 1.96. The van der Waals surface area contributed by atoms with Crippen LogP contribution in [-0.2, 0) is 11.3 Å². The average molecular weight is 327 g/mol. The van der Waals surface area contributed by atoms with Gasteiger partial charge in [-0.2, -0.15) is 0 Å².